The maximum atomic E-state index is 12.7. The van der Waals surface area contributed by atoms with Gasteiger partial charge in [0.2, 0.25) is 23.6 Å². The third kappa shape index (κ3) is 20.4. The van der Waals surface area contributed by atoms with Gasteiger partial charge < -0.3 is 45.9 Å². The van der Waals surface area contributed by atoms with Crippen LogP contribution in [0.3, 0.4) is 0 Å². The molecule has 1 aromatic carbocycles. The Morgan fingerprint density at radius 1 is 0.702 bits per heavy atom. The number of carbonyl (C=O) groups is 6. The first-order chi connectivity index (χ1) is 27.5. The number of nitrogens with zero attached hydrogens (tertiary/aromatic N) is 2. The average molecular weight is 934 g/mol. The smallest absolute Gasteiger partial charge is 0.260 e. The van der Waals surface area contributed by atoms with Crippen LogP contribution in [0.25, 0.3) is 11.0 Å². The van der Waals surface area contributed by atoms with Crippen LogP contribution >= 0.6 is 31.9 Å². The number of aromatic nitrogens is 2. The number of nitrogens with one attached hydrogen (secondary N) is 6. The first-order valence-corrected chi connectivity index (χ1v) is 20.9. The number of hydrogen-bond donors (Lipinski definition) is 7. The van der Waals surface area contributed by atoms with Crippen molar-refractivity contribution in [1.82, 2.24) is 42.1 Å². The quantitative estimate of drug-likeness (QED) is 0.0332. The summed E-state index contributed by atoms with van der Waals surface area (Å²) in [5.74, 6) is -2.48. The number of hydrogen-bond acceptors (Lipinski definition) is 13. The van der Waals surface area contributed by atoms with Crippen LogP contribution in [-0.2, 0) is 53.6 Å². The molecule has 1 aromatic heterocycles. The molecule has 2 aromatic rings. The lowest BCUT2D eigenvalue weighted by Crippen LogP contribution is -2.55. The highest BCUT2D eigenvalue weighted by molar-refractivity contribution is 9.09. The van der Waals surface area contributed by atoms with Gasteiger partial charge in [-0.15, -0.1) is 0 Å². The van der Waals surface area contributed by atoms with Crippen molar-refractivity contribution in [3.05, 3.63) is 35.2 Å². The molecule has 19 nitrogen and oxygen atoms in total. The fraction of sp³-hybridized carbons (Fsp3) is 0.611. The number of alkyl halides is 2. The summed E-state index contributed by atoms with van der Waals surface area (Å²) in [6.45, 7) is 4.22. The summed E-state index contributed by atoms with van der Waals surface area (Å²) in [6, 6.07) is 3.23. The van der Waals surface area contributed by atoms with E-state index >= 15 is 0 Å². The Hall–Kier alpha value is -3.86. The summed E-state index contributed by atoms with van der Waals surface area (Å²) in [4.78, 5) is 82.5. The number of carbonyl (C=O) groups excluding carboxylic acids is 6. The van der Waals surface area contributed by atoms with Crippen LogP contribution in [0.5, 0.6) is 0 Å². The van der Waals surface area contributed by atoms with Gasteiger partial charge in [0.05, 0.1) is 75.3 Å². The minimum Gasteiger partial charge on any atom is -0.379 e. The molecule has 2 unspecified atom stereocenters. The lowest BCUT2D eigenvalue weighted by Gasteiger charge is -2.21. The van der Waals surface area contributed by atoms with Gasteiger partial charge in [-0.2, -0.15) is 0 Å². The minimum absolute atomic E-state index is 0.0121. The number of hydrazine groups is 1. The molecule has 0 saturated heterocycles. The highest BCUT2D eigenvalue weighted by atomic mass is 79.9. The third-order valence-corrected chi connectivity index (χ3v) is 9.04. The van der Waals surface area contributed by atoms with E-state index in [0.29, 0.717) is 80.6 Å². The van der Waals surface area contributed by atoms with Crippen LogP contribution in [0.4, 0.5) is 0 Å². The molecule has 2 atom stereocenters. The van der Waals surface area contributed by atoms with Crippen molar-refractivity contribution in [2.45, 2.75) is 68.2 Å². The van der Waals surface area contributed by atoms with Gasteiger partial charge >= 0.3 is 0 Å². The van der Waals surface area contributed by atoms with E-state index in [4.69, 9.17) is 24.7 Å². The second kappa shape index (κ2) is 29.4. The fourth-order valence-electron chi connectivity index (χ4n) is 4.83. The van der Waals surface area contributed by atoms with E-state index in [0.717, 1.165) is 16.9 Å². The van der Waals surface area contributed by atoms with Crippen LogP contribution in [0.15, 0.2) is 18.2 Å². The molecule has 2 rings (SSSR count). The molecule has 1 heterocycles. The van der Waals surface area contributed by atoms with E-state index in [1.807, 2.05) is 0 Å². The molecular formula is C36H55Br2N9O10. The zero-order valence-electron chi connectivity index (χ0n) is 32.4. The number of halogens is 2. The van der Waals surface area contributed by atoms with Gasteiger partial charge in [-0.3, -0.25) is 39.6 Å². The molecule has 57 heavy (non-hydrogen) atoms. The second-order valence-electron chi connectivity index (χ2n) is 12.4. The summed E-state index contributed by atoms with van der Waals surface area (Å²) in [5, 5.41) is 11.6. The maximum Gasteiger partial charge on any atom is 0.260 e. The Labute approximate surface area is 349 Å². The van der Waals surface area contributed by atoms with Gasteiger partial charge in [0, 0.05) is 49.1 Å². The number of ether oxygens (including phenoxy) is 4. The molecule has 318 valence electrons. The Morgan fingerprint density at radius 2 is 1.28 bits per heavy atom. The van der Waals surface area contributed by atoms with Crippen LogP contribution in [-0.4, -0.2) is 130 Å². The molecule has 0 radical (unpaired) electrons. The van der Waals surface area contributed by atoms with Crippen molar-refractivity contribution in [1.29, 1.82) is 0 Å². The highest BCUT2D eigenvalue weighted by Gasteiger charge is 2.24. The molecule has 21 heteroatoms. The summed E-state index contributed by atoms with van der Waals surface area (Å²) < 4.78 is 21.9. The van der Waals surface area contributed by atoms with Crippen molar-refractivity contribution in [2.75, 3.05) is 73.0 Å². The number of benzene rings is 1. The van der Waals surface area contributed by atoms with Crippen molar-refractivity contribution in [3.63, 3.8) is 0 Å². The predicted octanol–water partition coefficient (Wildman–Crippen LogP) is 0.398. The summed E-state index contributed by atoms with van der Waals surface area (Å²) in [5.41, 5.74) is 13.7. The van der Waals surface area contributed by atoms with Gasteiger partial charge in [-0.05, 0) is 50.9 Å². The highest BCUT2D eigenvalue weighted by Crippen LogP contribution is 2.19. The Bertz CT molecular complexity index is 1590. The van der Waals surface area contributed by atoms with E-state index in [2.05, 4.69) is 73.9 Å². The summed E-state index contributed by atoms with van der Waals surface area (Å²) in [6.07, 6.45) is 1.53. The third-order valence-electron chi connectivity index (χ3n) is 7.98. The zero-order valence-corrected chi connectivity index (χ0v) is 35.6. The lowest BCUT2D eigenvalue weighted by atomic mass is 10.1. The van der Waals surface area contributed by atoms with Gasteiger partial charge in [0.15, 0.2) is 0 Å². The molecule has 0 fully saturated rings. The van der Waals surface area contributed by atoms with Gasteiger partial charge in [-0.25, -0.2) is 9.97 Å². The van der Waals surface area contributed by atoms with Crippen molar-refractivity contribution < 1.29 is 47.7 Å². The van der Waals surface area contributed by atoms with E-state index in [1.165, 1.54) is 14.0 Å². The SMILES string of the molecule is CNC(=O)CCCCC(=O)NNC(=O)C(C)NC(=O)C(CCN)NC(=O)CCOCCOCCOCCOCCNC(=O)c1ccc2nc(CBr)c(CBr)nc2c1. The van der Waals surface area contributed by atoms with E-state index in [9.17, 15) is 28.8 Å². The second-order valence-corrected chi connectivity index (χ2v) is 13.5. The molecule has 6 amide bonds. The van der Waals surface area contributed by atoms with Crippen molar-refractivity contribution >= 4 is 78.3 Å². The molecule has 0 spiro atoms. The number of amides is 6. The largest absolute Gasteiger partial charge is 0.379 e. The molecule has 0 saturated carbocycles. The zero-order chi connectivity index (χ0) is 41.8. The first kappa shape index (κ1) is 49.3. The van der Waals surface area contributed by atoms with Gasteiger partial charge in [0.1, 0.15) is 12.1 Å². The number of nitrogens with two attached hydrogens (primary N) is 1. The van der Waals surface area contributed by atoms with Crippen LogP contribution in [0.2, 0.25) is 0 Å². The molecule has 0 aliphatic rings. The molecule has 0 aliphatic carbocycles. The summed E-state index contributed by atoms with van der Waals surface area (Å²) >= 11 is 6.85. The first-order valence-electron chi connectivity index (χ1n) is 18.6. The van der Waals surface area contributed by atoms with Gasteiger partial charge in [0.25, 0.3) is 11.8 Å². The summed E-state index contributed by atoms with van der Waals surface area (Å²) in [7, 11) is 1.53. The molecule has 0 bridgehead atoms. The van der Waals surface area contributed by atoms with E-state index in [-0.39, 0.29) is 57.4 Å². The normalized spacial score (nSPS) is 12.0. The van der Waals surface area contributed by atoms with Crippen LogP contribution in [0.1, 0.15) is 67.2 Å². The number of rotatable bonds is 29. The predicted molar refractivity (Wildman–Crippen MR) is 217 cm³/mol. The Morgan fingerprint density at radius 3 is 1.88 bits per heavy atom. The maximum absolute atomic E-state index is 12.7. The monoisotopic (exact) mass is 931 g/mol. The Kier molecular flexibility index (Phi) is 25.4. The lowest BCUT2D eigenvalue weighted by molar-refractivity contribution is -0.133. The number of unbranched alkanes of at least 4 members (excludes halogenated alkanes) is 1. The average Bonchev–Trinajstić information content (AvgIpc) is 3.21. The fourth-order valence-corrected chi connectivity index (χ4v) is 5.73. The van der Waals surface area contributed by atoms with Crippen molar-refractivity contribution in [3.8, 4) is 0 Å². The minimum atomic E-state index is -1.02. The topological polar surface area (TPSA) is 263 Å². The molecule has 0 aliphatic heterocycles. The molecular weight excluding hydrogens is 878 g/mol. The number of fused-ring (bicyclic) bond motifs is 1. The van der Waals surface area contributed by atoms with E-state index < -0.39 is 35.7 Å². The van der Waals surface area contributed by atoms with E-state index in [1.54, 1.807) is 18.2 Å². The van der Waals surface area contributed by atoms with Crippen molar-refractivity contribution in [2.24, 2.45) is 5.73 Å². The molecule has 8 N–H and O–H groups in total. The van der Waals surface area contributed by atoms with Crippen LogP contribution in [0, 0.1) is 0 Å². The standard InChI is InChI=1S/C36H55Br2N9O10/c1-24(34(51)47-46-33(50)6-4-3-5-31(48)40-2)42-36(53)27(9-11-39)45-32(49)10-13-54-15-17-56-19-20-57-18-16-55-14-12-41-35(52)25-7-8-26-28(21-25)44-30(23-38)29(22-37)43-26/h7-8,21,24,27H,3-6,9-20,22-23,39H2,1-2H3,(H,40,48)(H,41,52)(H,42,53)(H,45,49)(H,46,50)(H,47,51). The Balaban J connectivity index is 1.48. The van der Waals surface area contributed by atoms with Gasteiger partial charge in [-0.1, -0.05) is 31.9 Å². The van der Waals surface area contributed by atoms with Crippen LogP contribution < -0.4 is 37.9 Å².